The minimum absolute atomic E-state index is 0.131. The lowest BCUT2D eigenvalue weighted by molar-refractivity contribution is -0.138. The van der Waals surface area contributed by atoms with Gasteiger partial charge in [0.15, 0.2) is 0 Å². The van der Waals surface area contributed by atoms with Crippen LogP contribution in [0.25, 0.3) is 5.76 Å². The SMILES string of the molecule is CCCCOC(=O)C1=C(O)c2cc(F)ccc2C1=N. The molecule has 0 aliphatic heterocycles. The summed E-state index contributed by atoms with van der Waals surface area (Å²) in [6.07, 6.45) is 1.59. The number of ether oxygens (including phenoxy) is 1. The minimum Gasteiger partial charge on any atom is -0.506 e. The number of hydrogen-bond donors (Lipinski definition) is 2. The molecule has 4 nitrogen and oxygen atoms in total. The van der Waals surface area contributed by atoms with E-state index in [-0.39, 0.29) is 29.2 Å². The van der Waals surface area contributed by atoms with Gasteiger partial charge in [0.2, 0.25) is 0 Å². The summed E-state index contributed by atoms with van der Waals surface area (Å²) in [5.41, 5.74) is 0.166. The van der Waals surface area contributed by atoms with Crippen LogP contribution in [-0.2, 0) is 9.53 Å². The highest BCUT2D eigenvalue weighted by Gasteiger charge is 2.32. The van der Waals surface area contributed by atoms with E-state index >= 15 is 0 Å². The number of benzene rings is 1. The van der Waals surface area contributed by atoms with Gasteiger partial charge in [0, 0.05) is 11.1 Å². The maximum absolute atomic E-state index is 13.1. The van der Waals surface area contributed by atoms with Crippen LogP contribution in [0.1, 0.15) is 30.9 Å². The molecule has 2 rings (SSSR count). The van der Waals surface area contributed by atoms with Gasteiger partial charge in [-0.25, -0.2) is 9.18 Å². The Morgan fingerprint density at radius 3 is 2.84 bits per heavy atom. The van der Waals surface area contributed by atoms with E-state index in [1.54, 1.807) is 0 Å². The zero-order chi connectivity index (χ0) is 14.0. The molecule has 0 atom stereocenters. The Morgan fingerprint density at radius 1 is 1.42 bits per heavy atom. The predicted molar refractivity (Wildman–Crippen MR) is 68.6 cm³/mol. The third-order valence-electron chi connectivity index (χ3n) is 2.93. The molecular weight excluding hydrogens is 249 g/mol. The van der Waals surface area contributed by atoms with E-state index in [4.69, 9.17) is 10.1 Å². The van der Waals surface area contributed by atoms with Crippen LogP contribution in [0.15, 0.2) is 23.8 Å². The van der Waals surface area contributed by atoms with Gasteiger partial charge >= 0.3 is 5.97 Å². The van der Waals surface area contributed by atoms with Gasteiger partial charge < -0.3 is 9.84 Å². The quantitative estimate of drug-likeness (QED) is 0.648. The molecule has 1 aliphatic rings. The average molecular weight is 263 g/mol. The van der Waals surface area contributed by atoms with Crippen LogP contribution in [0.2, 0.25) is 0 Å². The van der Waals surface area contributed by atoms with Crippen LogP contribution in [0.3, 0.4) is 0 Å². The standard InChI is InChI=1S/C14H14FNO3/c1-2-3-6-19-14(18)11-12(16)9-5-4-8(15)7-10(9)13(11)17/h4-5,7,16-17H,2-3,6H2,1H3. The molecule has 0 unspecified atom stereocenters. The second-order valence-electron chi connectivity index (χ2n) is 4.28. The number of unbranched alkanes of at least 4 members (excludes halogenated alkanes) is 1. The summed E-state index contributed by atoms with van der Waals surface area (Å²) in [4.78, 5) is 11.8. The lowest BCUT2D eigenvalue weighted by Gasteiger charge is -2.05. The van der Waals surface area contributed by atoms with Gasteiger partial charge in [0.25, 0.3) is 0 Å². The minimum atomic E-state index is -0.743. The monoisotopic (exact) mass is 263 g/mol. The smallest absolute Gasteiger partial charge is 0.344 e. The number of aliphatic hydroxyl groups is 1. The number of fused-ring (bicyclic) bond motifs is 1. The maximum Gasteiger partial charge on any atom is 0.344 e. The molecule has 0 aromatic heterocycles. The summed E-state index contributed by atoms with van der Waals surface area (Å²) < 4.78 is 18.1. The molecule has 0 saturated heterocycles. The highest BCUT2D eigenvalue weighted by atomic mass is 19.1. The normalized spacial score (nSPS) is 13.7. The number of esters is 1. The molecule has 100 valence electrons. The number of halogens is 1. The number of carbonyl (C=O) groups is 1. The average Bonchev–Trinajstić information content (AvgIpc) is 2.62. The first-order chi connectivity index (χ1) is 9.06. The highest BCUT2D eigenvalue weighted by molar-refractivity contribution is 6.33. The molecule has 0 amide bonds. The fraction of sp³-hybridized carbons (Fsp3) is 0.286. The van der Waals surface area contributed by atoms with Crippen LogP contribution in [-0.4, -0.2) is 23.4 Å². The van der Waals surface area contributed by atoms with Crippen molar-refractivity contribution in [3.8, 4) is 0 Å². The fourth-order valence-electron chi connectivity index (χ4n) is 1.90. The van der Waals surface area contributed by atoms with Gasteiger partial charge in [-0.3, -0.25) is 5.41 Å². The largest absolute Gasteiger partial charge is 0.506 e. The Balaban J connectivity index is 2.28. The third-order valence-corrected chi connectivity index (χ3v) is 2.93. The lowest BCUT2D eigenvalue weighted by atomic mass is 10.1. The molecule has 0 radical (unpaired) electrons. The molecule has 2 N–H and O–H groups in total. The second kappa shape index (κ2) is 5.22. The van der Waals surface area contributed by atoms with E-state index in [0.717, 1.165) is 12.5 Å². The molecule has 0 saturated carbocycles. The molecule has 19 heavy (non-hydrogen) atoms. The molecule has 0 fully saturated rings. The van der Waals surface area contributed by atoms with Crippen LogP contribution >= 0.6 is 0 Å². The van der Waals surface area contributed by atoms with Crippen LogP contribution in [0, 0.1) is 11.2 Å². The number of aliphatic hydroxyl groups excluding tert-OH is 1. The van der Waals surface area contributed by atoms with E-state index < -0.39 is 11.8 Å². The van der Waals surface area contributed by atoms with Crippen LogP contribution in [0.5, 0.6) is 0 Å². The van der Waals surface area contributed by atoms with E-state index in [9.17, 15) is 14.3 Å². The maximum atomic E-state index is 13.1. The van der Waals surface area contributed by atoms with Crippen molar-refractivity contribution in [3.05, 3.63) is 40.7 Å². The van der Waals surface area contributed by atoms with Gasteiger partial charge in [0.1, 0.15) is 17.1 Å². The summed E-state index contributed by atoms with van der Waals surface area (Å²) >= 11 is 0. The Hall–Kier alpha value is -2.17. The molecule has 1 aliphatic carbocycles. The van der Waals surface area contributed by atoms with Gasteiger partial charge in [-0.05, 0) is 24.6 Å². The number of nitrogens with one attached hydrogen (secondary N) is 1. The van der Waals surface area contributed by atoms with E-state index in [2.05, 4.69) is 0 Å². The van der Waals surface area contributed by atoms with Crippen molar-refractivity contribution >= 4 is 17.4 Å². The summed E-state index contributed by atoms with van der Waals surface area (Å²) in [6, 6.07) is 3.66. The van der Waals surface area contributed by atoms with Crippen molar-refractivity contribution in [2.24, 2.45) is 0 Å². The van der Waals surface area contributed by atoms with Crippen molar-refractivity contribution in [2.45, 2.75) is 19.8 Å². The zero-order valence-electron chi connectivity index (χ0n) is 10.5. The van der Waals surface area contributed by atoms with Crippen LogP contribution in [0.4, 0.5) is 4.39 Å². The molecule has 1 aromatic rings. The topological polar surface area (TPSA) is 70.4 Å². The summed E-state index contributed by atoms with van der Waals surface area (Å²) in [5, 5.41) is 17.8. The van der Waals surface area contributed by atoms with Crippen molar-refractivity contribution < 1.29 is 19.0 Å². The number of hydrogen-bond acceptors (Lipinski definition) is 4. The van der Waals surface area contributed by atoms with E-state index in [0.29, 0.717) is 12.0 Å². The highest BCUT2D eigenvalue weighted by Crippen LogP contribution is 2.32. The first-order valence-electron chi connectivity index (χ1n) is 6.05. The molecule has 0 bridgehead atoms. The zero-order valence-corrected chi connectivity index (χ0v) is 10.5. The Morgan fingerprint density at radius 2 is 2.16 bits per heavy atom. The predicted octanol–water partition coefficient (Wildman–Crippen LogP) is 2.82. The van der Waals surface area contributed by atoms with E-state index in [1.165, 1.54) is 12.1 Å². The van der Waals surface area contributed by atoms with Crippen molar-refractivity contribution in [1.29, 1.82) is 5.41 Å². The summed E-state index contributed by atoms with van der Waals surface area (Å²) in [6.45, 7) is 2.20. The molecule has 1 aromatic carbocycles. The lowest BCUT2D eigenvalue weighted by Crippen LogP contribution is -2.14. The van der Waals surface area contributed by atoms with Gasteiger partial charge in [0.05, 0.1) is 12.3 Å². The molecule has 0 spiro atoms. The summed E-state index contributed by atoms with van der Waals surface area (Å²) in [7, 11) is 0. The Labute approximate surface area is 110 Å². The fourth-order valence-corrected chi connectivity index (χ4v) is 1.90. The van der Waals surface area contributed by atoms with E-state index in [1.807, 2.05) is 6.92 Å². The third kappa shape index (κ3) is 2.36. The van der Waals surface area contributed by atoms with Gasteiger partial charge in [-0.15, -0.1) is 0 Å². The number of rotatable bonds is 4. The van der Waals surface area contributed by atoms with Gasteiger partial charge in [-0.1, -0.05) is 13.3 Å². The first-order valence-corrected chi connectivity index (χ1v) is 6.05. The van der Waals surface area contributed by atoms with Crippen molar-refractivity contribution in [1.82, 2.24) is 0 Å². The van der Waals surface area contributed by atoms with Crippen LogP contribution < -0.4 is 0 Å². The molecular formula is C14H14FNO3. The van der Waals surface area contributed by atoms with Gasteiger partial charge in [-0.2, -0.15) is 0 Å². The van der Waals surface area contributed by atoms with Crippen molar-refractivity contribution in [3.63, 3.8) is 0 Å². The second-order valence-corrected chi connectivity index (χ2v) is 4.28. The summed E-state index contributed by atoms with van der Waals surface area (Å²) in [5.74, 6) is -1.66. The van der Waals surface area contributed by atoms with Crippen molar-refractivity contribution in [2.75, 3.05) is 6.61 Å². The Bertz CT molecular complexity index is 578. The Kier molecular flexibility index (Phi) is 3.64. The number of carbonyl (C=O) groups excluding carboxylic acids is 1. The molecule has 5 heteroatoms. The molecule has 0 heterocycles. The first kappa shape index (κ1) is 13.3.